The summed E-state index contributed by atoms with van der Waals surface area (Å²) in [6.07, 6.45) is 2.43. The summed E-state index contributed by atoms with van der Waals surface area (Å²) in [4.78, 5) is 6.60. The molecular weight excluding hydrogens is 230 g/mol. The van der Waals surface area contributed by atoms with Gasteiger partial charge < -0.3 is 10.6 Å². The van der Waals surface area contributed by atoms with E-state index >= 15 is 0 Å². The predicted octanol–water partition coefficient (Wildman–Crippen LogP) is 2.36. The van der Waals surface area contributed by atoms with Crippen molar-refractivity contribution in [3.8, 4) is 0 Å². The quantitative estimate of drug-likeness (QED) is 0.870. The van der Waals surface area contributed by atoms with Crippen molar-refractivity contribution in [2.75, 3.05) is 18.0 Å². The number of hydrogen-bond acceptors (Lipinski definition) is 4. The SMILES string of the molecule is CC(N)C1CCCN(c2nc(Cl)cs2)C1. The van der Waals surface area contributed by atoms with Gasteiger partial charge in [-0.1, -0.05) is 11.6 Å². The van der Waals surface area contributed by atoms with E-state index in [4.69, 9.17) is 17.3 Å². The fourth-order valence-electron chi connectivity index (χ4n) is 2.00. The van der Waals surface area contributed by atoms with Crippen LogP contribution in [0.15, 0.2) is 5.38 Å². The summed E-state index contributed by atoms with van der Waals surface area (Å²) in [6, 6.07) is 0.267. The van der Waals surface area contributed by atoms with Crippen LogP contribution in [0.25, 0.3) is 0 Å². The van der Waals surface area contributed by atoms with Crippen molar-refractivity contribution in [2.24, 2.45) is 11.7 Å². The van der Waals surface area contributed by atoms with Gasteiger partial charge in [-0.15, -0.1) is 11.3 Å². The number of aromatic nitrogens is 1. The van der Waals surface area contributed by atoms with Crippen LogP contribution in [0.1, 0.15) is 19.8 Å². The van der Waals surface area contributed by atoms with E-state index in [1.54, 1.807) is 11.3 Å². The van der Waals surface area contributed by atoms with E-state index in [1.807, 2.05) is 5.38 Å². The van der Waals surface area contributed by atoms with Gasteiger partial charge in [0.15, 0.2) is 5.13 Å². The van der Waals surface area contributed by atoms with E-state index in [2.05, 4.69) is 16.8 Å². The Labute approximate surface area is 99.2 Å². The number of nitrogens with two attached hydrogens (primary N) is 1. The maximum absolute atomic E-state index is 5.94. The van der Waals surface area contributed by atoms with Gasteiger partial charge in [0.1, 0.15) is 5.15 Å². The molecule has 0 aliphatic carbocycles. The molecule has 1 saturated heterocycles. The molecule has 0 radical (unpaired) electrons. The molecule has 5 heteroatoms. The van der Waals surface area contributed by atoms with Crippen LogP contribution in [0.3, 0.4) is 0 Å². The molecule has 84 valence electrons. The molecule has 0 bridgehead atoms. The minimum atomic E-state index is 0.267. The van der Waals surface area contributed by atoms with E-state index in [1.165, 1.54) is 12.8 Å². The lowest BCUT2D eigenvalue weighted by atomic mass is 9.92. The number of piperidine rings is 1. The maximum atomic E-state index is 5.94. The van der Waals surface area contributed by atoms with Gasteiger partial charge in [-0.3, -0.25) is 0 Å². The zero-order valence-corrected chi connectivity index (χ0v) is 10.4. The molecular formula is C10H16ClN3S. The average molecular weight is 246 g/mol. The molecule has 2 unspecified atom stereocenters. The highest BCUT2D eigenvalue weighted by atomic mass is 35.5. The Morgan fingerprint density at radius 3 is 3.13 bits per heavy atom. The highest BCUT2D eigenvalue weighted by Crippen LogP contribution is 2.28. The predicted molar refractivity (Wildman–Crippen MR) is 65.7 cm³/mol. The molecule has 3 nitrogen and oxygen atoms in total. The summed E-state index contributed by atoms with van der Waals surface area (Å²) in [6.45, 7) is 4.18. The van der Waals surface area contributed by atoms with Crippen LogP contribution < -0.4 is 10.6 Å². The highest BCUT2D eigenvalue weighted by molar-refractivity contribution is 7.14. The lowest BCUT2D eigenvalue weighted by Crippen LogP contribution is -2.42. The number of hydrogen-bond donors (Lipinski definition) is 1. The van der Waals surface area contributed by atoms with E-state index < -0.39 is 0 Å². The third-order valence-electron chi connectivity index (χ3n) is 2.94. The van der Waals surface area contributed by atoms with Crippen LogP contribution in [-0.2, 0) is 0 Å². The standard InChI is InChI=1S/C10H16ClN3S/c1-7(12)8-3-2-4-14(5-8)10-13-9(11)6-15-10/h6-8H,2-5,12H2,1H3. The molecule has 1 fully saturated rings. The number of anilines is 1. The highest BCUT2D eigenvalue weighted by Gasteiger charge is 2.24. The second-order valence-corrected chi connectivity index (χ2v) is 5.38. The van der Waals surface area contributed by atoms with Gasteiger partial charge in [0, 0.05) is 24.5 Å². The van der Waals surface area contributed by atoms with Crippen molar-refractivity contribution in [1.82, 2.24) is 4.98 Å². The van der Waals surface area contributed by atoms with Gasteiger partial charge in [-0.25, -0.2) is 4.98 Å². The lowest BCUT2D eigenvalue weighted by molar-refractivity contribution is 0.364. The topological polar surface area (TPSA) is 42.1 Å². The second kappa shape index (κ2) is 4.68. The first-order valence-corrected chi connectivity index (χ1v) is 6.54. The van der Waals surface area contributed by atoms with E-state index in [9.17, 15) is 0 Å². The first kappa shape index (κ1) is 11.2. The zero-order chi connectivity index (χ0) is 10.8. The number of thiazole rings is 1. The van der Waals surface area contributed by atoms with Crippen LogP contribution in [0.4, 0.5) is 5.13 Å². The number of halogens is 1. The largest absolute Gasteiger partial charge is 0.348 e. The Morgan fingerprint density at radius 1 is 1.73 bits per heavy atom. The number of rotatable bonds is 2. The van der Waals surface area contributed by atoms with Gasteiger partial charge in [0.05, 0.1) is 0 Å². The molecule has 0 saturated carbocycles. The Balaban J connectivity index is 2.04. The molecule has 0 spiro atoms. The zero-order valence-electron chi connectivity index (χ0n) is 8.82. The third-order valence-corrected chi connectivity index (χ3v) is 4.16. The molecule has 2 N–H and O–H groups in total. The third kappa shape index (κ3) is 2.62. The first-order valence-electron chi connectivity index (χ1n) is 5.28. The van der Waals surface area contributed by atoms with Gasteiger partial charge in [0.25, 0.3) is 0 Å². The summed E-state index contributed by atoms with van der Waals surface area (Å²) in [7, 11) is 0. The van der Waals surface area contributed by atoms with Crippen LogP contribution in [0.5, 0.6) is 0 Å². The monoisotopic (exact) mass is 245 g/mol. The van der Waals surface area contributed by atoms with Crippen molar-refractivity contribution < 1.29 is 0 Å². The molecule has 0 amide bonds. The molecule has 1 aromatic heterocycles. The smallest absolute Gasteiger partial charge is 0.186 e. The van der Waals surface area contributed by atoms with Gasteiger partial charge in [-0.05, 0) is 25.7 Å². The first-order chi connectivity index (χ1) is 7.16. The molecule has 2 rings (SSSR count). The van der Waals surface area contributed by atoms with Crippen molar-refractivity contribution in [3.63, 3.8) is 0 Å². The Kier molecular flexibility index (Phi) is 3.49. The summed E-state index contributed by atoms with van der Waals surface area (Å²) >= 11 is 7.44. The Morgan fingerprint density at radius 2 is 2.53 bits per heavy atom. The van der Waals surface area contributed by atoms with E-state index in [0.29, 0.717) is 11.1 Å². The summed E-state index contributed by atoms with van der Waals surface area (Å²) in [5.74, 6) is 0.585. The molecule has 1 aliphatic rings. The van der Waals surface area contributed by atoms with Gasteiger partial charge in [0.2, 0.25) is 0 Å². The van der Waals surface area contributed by atoms with Crippen LogP contribution in [0.2, 0.25) is 5.15 Å². The van der Waals surface area contributed by atoms with Crippen LogP contribution in [-0.4, -0.2) is 24.1 Å². The minimum Gasteiger partial charge on any atom is -0.348 e. The van der Waals surface area contributed by atoms with Gasteiger partial charge in [-0.2, -0.15) is 0 Å². The summed E-state index contributed by atoms with van der Waals surface area (Å²) in [5.41, 5.74) is 5.94. The minimum absolute atomic E-state index is 0.267. The summed E-state index contributed by atoms with van der Waals surface area (Å²) in [5, 5.41) is 3.51. The molecule has 15 heavy (non-hydrogen) atoms. The van der Waals surface area contributed by atoms with Crippen molar-refractivity contribution in [2.45, 2.75) is 25.8 Å². The van der Waals surface area contributed by atoms with Crippen molar-refractivity contribution in [1.29, 1.82) is 0 Å². The molecule has 2 atom stereocenters. The maximum Gasteiger partial charge on any atom is 0.186 e. The van der Waals surface area contributed by atoms with Crippen molar-refractivity contribution in [3.05, 3.63) is 10.5 Å². The molecule has 1 aliphatic heterocycles. The number of nitrogens with zero attached hydrogens (tertiary/aromatic N) is 2. The Hall–Kier alpha value is -0.320. The van der Waals surface area contributed by atoms with Crippen LogP contribution >= 0.6 is 22.9 Å². The summed E-state index contributed by atoms with van der Waals surface area (Å²) < 4.78 is 0. The lowest BCUT2D eigenvalue weighted by Gasteiger charge is -2.34. The van der Waals surface area contributed by atoms with Gasteiger partial charge >= 0.3 is 0 Å². The van der Waals surface area contributed by atoms with E-state index in [0.717, 1.165) is 18.2 Å². The fraction of sp³-hybridized carbons (Fsp3) is 0.700. The molecule has 1 aromatic rings. The fourth-order valence-corrected chi connectivity index (χ4v) is 2.99. The van der Waals surface area contributed by atoms with Crippen molar-refractivity contribution >= 4 is 28.1 Å². The van der Waals surface area contributed by atoms with E-state index in [-0.39, 0.29) is 6.04 Å². The molecule has 0 aromatic carbocycles. The molecule has 2 heterocycles. The average Bonchev–Trinajstić information content (AvgIpc) is 2.65. The Bertz CT molecular complexity index is 326. The normalized spacial score (nSPS) is 24.2. The second-order valence-electron chi connectivity index (χ2n) is 4.16. The van der Waals surface area contributed by atoms with Crippen LogP contribution in [0, 0.1) is 5.92 Å².